The predicted molar refractivity (Wildman–Crippen MR) is 84.7 cm³/mol. The molecule has 98 valence electrons. The van der Waals surface area contributed by atoms with Crippen LogP contribution in [0, 0.1) is 5.82 Å². The number of benzene rings is 2. The van der Waals surface area contributed by atoms with E-state index in [0.717, 1.165) is 0 Å². The summed E-state index contributed by atoms with van der Waals surface area (Å²) in [7, 11) is 0. The van der Waals surface area contributed by atoms with Crippen LogP contribution in [0.3, 0.4) is 0 Å². The molecule has 2 rings (SSSR count). The van der Waals surface area contributed by atoms with Crippen molar-refractivity contribution in [2.45, 2.75) is 0 Å². The van der Waals surface area contributed by atoms with Crippen molar-refractivity contribution in [3.05, 3.63) is 57.3 Å². The Morgan fingerprint density at radius 3 is 2.68 bits per heavy atom. The zero-order chi connectivity index (χ0) is 14.0. The number of hydrogen-bond acceptors (Lipinski definition) is 2. The molecule has 0 amide bonds. The Kier molecular flexibility index (Phi) is 4.39. The zero-order valence-electron chi connectivity index (χ0n) is 9.58. The summed E-state index contributed by atoms with van der Waals surface area (Å²) in [5.74, 6) is -0.386. The van der Waals surface area contributed by atoms with Gasteiger partial charge in [-0.1, -0.05) is 29.9 Å². The van der Waals surface area contributed by atoms with Crippen molar-refractivity contribution < 1.29 is 4.39 Å². The highest BCUT2D eigenvalue weighted by molar-refractivity contribution is 9.10. The van der Waals surface area contributed by atoms with Gasteiger partial charge in [-0.25, -0.2) is 4.39 Å². The van der Waals surface area contributed by atoms with E-state index in [0.29, 0.717) is 26.4 Å². The normalized spacial score (nSPS) is 10.3. The van der Waals surface area contributed by atoms with Crippen molar-refractivity contribution in [1.29, 1.82) is 0 Å². The average Bonchev–Trinajstić information content (AvgIpc) is 2.33. The lowest BCUT2D eigenvalue weighted by Gasteiger charge is -2.13. The van der Waals surface area contributed by atoms with Gasteiger partial charge < -0.3 is 11.1 Å². The van der Waals surface area contributed by atoms with Gasteiger partial charge in [0.2, 0.25) is 0 Å². The molecule has 0 atom stereocenters. The SMILES string of the molecule is NC(=S)c1ccc(Cl)cc1Nc1c(F)cccc1Br. The summed E-state index contributed by atoms with van der Waals surface area (Å²) in [5, 5.41) is 3.47. The first kappa shape index (κ1) is 14.2. The number of nitrogens with one attached hydrogen (secondary N) is 1. The van der Waals surface area contributed by atoms with Crippen LogP contribution >= 0.6 is 39.7 Å². The Balaban J connectivity index is 2.49. The average molecular weight is 360 g/mol. The molecule has 0 aliphatic rings. The maximum Gasteiger partial charge on any atom is 0.147 e. The summed E-state index contributed by atoms with van der Waals surface area (Å²) in [6, 6.07) is 9.72. The third-order valence-corrected chi connectivity index (χ3v) is 3.59. The Morgan fingerprint density at radius 1 is 1.32 bits per heavy atom. The van der Waals surface area contributed by atoms with Crippen LogP contribution in [-0.2, 0) is 0 Å². The summed E-state index contributed by atoms with van der Waals surface area (Å²) < 4.78 is 14.4. The van der Waals surface area contributed by atoms with Crippen molar-refractivity contribution >= 4 is 56.1 Å². The highest BCUT2D eigenvalue weighted by Gasteiger charge is 2.11. The minimum Gasteiger partial charge on any atom is -0.389 e. The van der Waals surface area contributed by atoms with Gasteiger partial charge in [0.1, 0.15) is 10.8 Å². The molecule has 2 nitrogen and oxygen atoms in total. The molecule has 2 aromatic carbocycles. The Hall–Kier alpha value is -1.17. The zero-order valence-corrected chi connectivity index (χ0v) is 12.7. The number of halogens is 3. The fourth-order valence-electron chi connectivity index (χ4n) is 1.59. The first-order valence-corrected chi connectivity index (χ1v) is 6.87. The maximum atomic E-state index is 13.8. The molecule has 0 aliphatic carbocycles. The molecule has 0 aliphatic heterocycles. The number of thiocarbonyl (C=S) groups is 1. The molecule has 2 aromatic rings. The second-order valence-corrected chi connectivity index (χ2v) is 5.51. The predicted octanol–water partition coefficient (Wildman–Crippen LogP) is 4.62. The van der Waals surface area contributed by atoms with Crippen LogP contribution < -0.4 is 11.1 Å². The topological polar surface area (TPSA) is 38.0 Å². The standard InChI is InChI=1S/C13H9BrClFN2S/c14-9-2-1-3-10(16)12(9)18-11-6-7(15)4-5-8(11)13(17)19/h1-6,18H,(H2,17,19). The fraction of sp³-hybridized carbons (Fsp3) is 0. The number of rotatable bonds is 3. The lowest BCUT2D eigenvalue weighted by Crippen LogP contribution is -2.12. The number of para-hydroxylation sites is 1. The molecule has 0 radical (unpaired) electrons. The van der Waals surface area contributed by atoms with Crippen LogP contribution in [-0.4, -0.2) is 4.99 Å². The molecule has 0 saturated heterocycles. The monoisotopic (exact) mass is 358 g/mol. The van der Waals surface area contributed by atoms with E-state index in [2.05, 4.69) is 21.2 Å². The highest BCUT2D eigenvalue weighted by atomic mass is 79.9. The van der Waals surface area contributed by atoms with E-state index in [9.17, 15) is 4.39 Å². The van der Waals surface area contributed by atoms with Crippen molar-refractivity contribution in [3.63, 3.8) is 0 Å². The van der Waals surface area contributed by atoms with E-state index in [4.69, 9.17) is 29.6 Å². The van der Waals surface area contributed by atoms with Crippen molar-refractivity contribution in [2.24, 2.45) is 5.73 Å². The second kappa shape index (κ2) is 5.86. The molecule has 0 aromatic heterocycles. The second-order valence-electron chi connectivity index (χ2n) is 3.78. The molecule has 19 heavy (non-hydrogen) atoms. The van der Waals surface area contributed by atoms with Gasteiger partial charge in [-0.05, 0) is 46.3 Å². The van der Waals surface area contributed by atoms with Gasteiger partial charge in [0.25, 0.3) is 0 Å². The molecule has 3 N–H and O–H groups in total. The largest absolute Gasteiger partial charge is 0.389 e. The molecule has 0 saturated carbocycles. The molecule has 6 heteroatoms. The van der Waals surface area contributed by atoms with Crippen LogP contribution in [0.2, 0.25) is 5.02 Å². The van der Waals surface area contributed by atoms with Crippen LogP contribution in [0.4, 0.5) is 15.8 Å². The minimum atomic E-state index is -0.386. The molecule has 0 unspecified atom stereocenters. The van der Waals surface area contributed by atoms with Gasteiger partial charge in [-0.2, -0.15) is 0 Å². The Labute approximate surface area is 128 Å². The highest BCUT2D eigenvalue weighted by Crippen LogP contribution is 2.31. The Bertz CT molecular complexity index is 628. The third kappa shape index (κ3) is 3.23. The molecule has 0 spiro atoms. The first-order valence-electron chi connectivity index (χ1n) is 5.29. The van der Waals surface area contributed by atoms with Gasteiger partial charge in [0.05, 0.1) is 11.4 Å². The van der Waals surface area contributed by atoms with Crippen molar-refractivity contribution in [2.75, 3.05) is 5.32 Å². The summed E-state index contributed by atoms with van der Waals surface area (Å²) in [6.07, 6.45) is 0. The van der Waals surface area contributed by atoms with Crippen molar-refractivity contribution in [3.8, 4) is 0 Å². The van der Waals surface area contributed by atoms with E-state index in [1.807, 2.05) is 0 Å². The van der Waals surface area contributed by atoms with Gasteiger partial charge in [-0.3, -0.25) is 0 Å². The van der Waals surface area contributed by atoms with Crippen LogP contribution in [0.15, 0.2) is 40.9 Å². The van der Waals surface area contributed by atoms with E-state index in [1.54, 1.807) is 30.3 Å². The molecule has 0 bridgehead atoms. The van der Waals surface area contributed by atoms with Gasteiger partial charge in [0, 0.05) is 15.1 Å². The lowest BCUT2D eigenvalue weighted by atomic mass is 10.1. The number of anilines is 2. The van der Waals surface area contributed by atoms with Gasteiger partial charge in [0.15, 0.2) is 0 Å². The lowest BCUT2D eigenvalue weighted by molar-refractivity contribution is 0.631. The number of hydrogen-bond donors (Lipinski definition) is 2. The van der Waals surface area contributed by atoms with Gasteiger partial charge in [-0.15, -0.1) is 0 Å². The molecule has 0 heterocycles. The smallest absolute Gasteiger partial charge is 0.147 e. The Morgan fingerprint density at radius 2 is 2.05 bits per heavy atom. The fourth-order valence-corrected chi connectivity index (χ4v) is 2.38. The van der Waals surface area contributed by atoms with E-state index in [1.165, 1.54) is 6.07 Å². The van der Waals surface area contributed by atoms with Crippen molar-refractivity contribution in [1.82, 2.24) is 0 Å². The molecule has 0 fully saturated rings. The maximum absolute atomic E-state index is 13.8. The number of nitrogens with two attached hydrogens (primary N) is 1. The third-order valence-electron chi connectivity index (χ3n) is 2.47. The van der Waals surface area contributed by atoms with Crippen LogP contribution in [0.5, 0.6) is 0 Å². The van der Waals surface area contributed by atoms with E-state index < -0.39 is 0 Å². The van der Waals surface area contributed by atoms with E-state index >= 15 is 0 Å². The summed E-state index contributed by atoms with van der Waals surface area (Å²) in [4.78, 5) is 0.214. The summed E-state index contributed by atoms with van der Waals surface area (Å²) in [6.45, 7) is 0. The molecular weight excluding hydrogens is 351 g/mol. The molecular formula is C13H9BrClFN2S. The minimum absolute atomic E-state index is 0.214. The van der Waals surface area contributed by atoms with Gasteiger partial charge >= 0.3 is 0 Å². The quantitative estimate of drug-likeness (QED) is 0.785. The van der Waals surface area contributed by atoms with E-state index in [-0.39, 0.29) is 10.8 Å². The summed E-state index contributed by atoms with van der Waals surface area (Å²) in [5.41, 5.74) is 7.11. The summed E-state index contributed by atoms with van der Waals surface area (Å²) >= 11 is 14.2. The first-order chi connectivity index (χ1) is 8.99. The van der Waals surface area contributed by atoms with Crippen LogP contribution in [0.1, 0.15) is 5.56 Å². The van der Waals surface area contributed by atoms with Crippen LogP contribution in [0.25, 0.3) is 0 Å².